The molecule has 2 N–H and O–H groups in total. The number of halogens is 1. The molecule has 0 aliphatic rings. The summed E-state index contributed by atoms with van der Waals surface area (Å²) in [5, 5.41) is 17.2. The number of rotatable bonds is 5. The molecule has 0 saturated carbocycles. The number of benzene rings is 1. The smallest absolute Gasteiger partial charge is 0.189 e. The molecule has 4 nitrogen and oxygen atoms in total. The van der Waals surface area contributed by atoms with Crippen molar-refractivity contribution in [1.82, 2.24) is 0 Å². The molecule has 0 unspecified atom stereocenters. The van der Waals surface area contributed by atoms with Crippen molar-refractivity contribution in [2.45, 2.75) is 6.29 Å². The van der Waals surface area contributed by atoms with E-state index in [-0.39, 0.29) is 0 Å². The van der Waals surface area contributed by atoms with Crippen molar-refractivity contribution in [2.75, 3.05) is 13.6 Å². The summed E-state index contributed by atoms with van der Waals surface area (Å²) in [4.78, 5) is 0. The number of ether oxygens (including phenoxy) is 2. The Hall–Kier alpha value is -0.460. The summed E-state index contributed by atoms with van der Waals surface area (Å²) in [7, 11) is 0. The van der Waals surface area contributed by atoms with E-state index in [1.807, 2.05) is 12.1 Å². The maximum Gasteiger partial charge on any atom is 0.189 e. The van der Waals surface area contributed by atoms with Crippen LogP contribution in [0.15, 0.2) is 28.7 Å². The van der Waals surface area contributed by atoms with Gasteiger partial charge < -0.3 is 19.7 Å². The second-order valence-electron chi connectivity index (χ2n) is 2.48. The lowest BCUT2D eigenvalue weighted by molar-refractivity contribution is -0.214. The Morgan fingerprint density at radius 1 is 1.07 bits per heavy atom. The van der Waals surface area contributed by atoms with Crippen molar-refractivity contribution >= 4 is 15.9 Å². The predicted molar refractivity (Wildman–Crippen MR) is 53.2 cm³/mol. The van der Waals surface area contributed by atoms with Gasteiger partial charge in [-0.25, -0.2) is 0 Å². The van der Waals surface area contributed by atoms with Gasteiger partial charge in [0.2, 0.25) is 0 Å². The molecule has 0 radical (unpaired) electrons. The summed E-state index contributed by atoms with van der Waals surface area (Å²) in [5.74, 6) is 0. The molecule has 14 heavy (non-hydrogen) atoms. The van der Waals surface area contributed by atoms with E-state index in [1.165, 1.54) is 0 Å². The Kier molecular flexibility index (Phi) is 5.06. The van der Waals surface area contributed by atoms with E-state index < -0.39 is 19.9 Å². The predicted octanol–water partition coefficient (Wildman–Crippen LogP) is 1.38. The monoisotopic (exact) mass is 262 g/mol. The third kappa shape index (κ3) is 3.36. The Bertz CT molecular complexity index is 256. The van der Waals surface area contributed by atoms with Crippen molar-refractivity contribution in [3.05, 3.63) is 34.3 Å². The molecule has 0 aliphatic carbocycles. The van der Waals surface area contributed by atoms with Crippen molar-refractivity contribution < 1.29 is 19.7 Å². The quantitative estimate of drug-likeness (QED) is 0.788. The summed E-state index contributed by atoms with van der Waals surface area (Å²) in [6.45, 7) is -0.915. The van der Waals surface area contributed by atoms with Crippen molar-refractivity contribution in [3.63, 3.8) is 0 Å². The van der Waals surface area contributed by atoms with Crippen LogP contribution in [0.3, 0.4) is 0 Å². The molecule has 0 saturated heterocycles. The zero-order chi connectivity index (χ0) is 10.4. The third-order valence-electron chi connectivity index (χ3n) is 1.59. The third-order valence-corrected chi connectivity index (χ3v) is 2.12. The van der Waals surface area contributed by atoms with Crippen LogP contribution < -0.4 is 0 Å². The molecular weight excluding hydrogens is 252 g/mol. The molecule has 0 aromatic heterocycles. The zero-order valence-corrected chi connectivity index (χ0v) is 8.98. The number of aliphatic hydroxyl groups is 2. The Balaban J connectivity index is 2.71. The molecule has 1 rings (SSSR count). The van der Waals surface area contributed by atoms with E-state index in [1.54, 1.807) is 12.1 Å². The number of aliphatic hydroxyl groups excluding tert-OH is 2. The molecule has 0 atom stereocenters. The lowest BCUT2D eigenvalue weighted by Gasteiger charge is -2.15. The van der Waals surface area contributed by atoms with Crippen molar-refractivity contribution in [2.24, 2.45) is 0 Å². The van der Waals surface area contributed by atoms with Gasteiger partial charge in [-0.15, -0.1) is 0 Å². The molecule has 0 aliphatic heterocycles. The second kappa shape index (κ2) is 6.10. The number of hydrogen-bond acceptors (Lipinski definition) is 4. The minimum Gasteiger partial charge on any atom is -0.371 e. The first kappa shape index (κ1) is 11.6. The van der Waals surface area contributed by atoms with Crippen LogP contribution in [0.1, 0.15) is 11.9 Å². The van der Waals surface area contributed by atoms with Crippen LogP contribution >= 0.6 is 15.9 Å². The Morgan fingerprint density at radius 2 is 1.57 bits per heavy atom. The Morgan fingerprint density at radius 3 is 2.00 bits per heavy atom. The van der Waals surface area contributed by atoms with Gasteiger partial charge in [-0.1, -0.05) is 28.1 Å². The number of hydrogen-bond donors (Lipinski definition) is 2. The van der Waals surface area contributed by atoms with Gasteiger partial charge in [0.1, 0.15) is 13.6 Å². The highest BCUT2D eigenvalue weighted by molar-refractivity contribution is 9.10. The molecule has 0 fully saturated rings. The van der Waals surface area contributed by atoms with Crippen molar-refractivity contribution in [1.29, 1.82) is 0 Å². The molecule has 1 aromatic carbocycles. The van der Waals surface area contributed by atoms with Crippen LogP contribution in [0.25, 0.3) is 0 Å². The average molecular weight is 263 g/mol. The average Bonchev–Trinajstić information content (AvgIpc) is 2.19. The SMILES string of the molecule is OCOC(OCO)c1ccc(Br)cc1. The molecular formula is C9H11BrO4. The topological polar surface area (TPSA) is 58.9 Å². The fourth-order valence-electron chi connectivity index (χ4n) is 0.996. The fourth-order valence-corrected chi connectivity index (χ4v) is 1.26. The van der Waals surface area contributed by atoms with E-state index in [0.29, 0.717) is 0 Å². The summed E-state index contributed by atoms with van der Waals surface area (Å²) in [6.07, 6.45) is -0.738. The first-order valence-electron chi connectivity index (χ1n) is 3.98. The lowest BCUT2D eigenvalue weighted by atomic mass is 10.2. The summed E-state index contributed by atoms with van der Waals surface area (Å²) in [5.41, 5.74) is 0.733. The van der Waals surface area contributed by atoms with Crippen LogP contribution in [0.4, 0.5) is 0 Å². The van der Waals surface area contributed by atoms with Gasteiger partial charge >= 0.3 is 0 Å². The van der Waals surface area contributed by atoms with Crippen LogP contribution in [0.2, 0.25) is 0 Å². The standard InChI is InChI=1S/C9H11BrO4/c10-8-3-1-7(2-4-8)9(13-5-11)14-6-12/h1-4,9,11-12H,5-6H2. The van der Waals surface area contributed by atoms with Gasteiger partial charge in [-0.05, 0) is 12.1 Å². The second-order valence-corrected chi connectivity index (χ2v) is 3.39. The lowest BCUT2D eigenvalue weighted by Crippen LogP contribution is -2.10. The van der Waals surface area contributed by atoms with Gasteiger partial charge in [0.05, 0.1) is 0 Å². The van der Waals surface area contributed by atoms with Crippen LogP contribution in [-0.2, 0) is 9.47 Å². The minimum atomic E-state index is -0.738. The summed E-state index contributed by atoms with van der Waals surface area (Å²) >= 11 is 3.29. The molecule has 1 aromatic rings. The molecule has 78 valence electrons. The van der Waals surface area contributed by atoms with Crippen LogP contribution in [0.5, 0.6) is 0 Å². The summed E-state index contributed by atoms with van der Waals surface area (Å²) in [6, 6.07) is 7.20. The van der Waals surface area contributed by atoms with E-state index in [0.717, 1.165) is 10.0 Å². The molecule has 0 spiro atoms. The van der Waals surface area contributed by atoms with Gasteiger partial charge in [0.15, 0.2) is 6.29 Å². The Labute approximate surface area is 90.2 Å². The van der Waals surface area contributed by atoms with Gasteiger partial charge in [0, 0.05) is 10.0 Å². The maximum atomic E-state index is 8.59. The minimum absolute atomic E-state index is 0.458. The van der Waals surface area contributed by atoms with E-state index in [9.17, 15) is 0 Å². The van der Waals surface area contributed by atoms with E-state index in [2.05, 4.69) is 15.9 Å². The van der Waals surface area contributed by atoms with Gasteiger partial charge in [0.25, 0.3) is 0 Å². The highest BCUT2D eigenvalue weighted by atomic mass is 79.9. The van der Waals surface area contributed by atoms with E-state index >= 15 is 0 Å². The van der Waals surface area contributed by atoms with Crippen molar-refractivity contribution in [3.8, 4) is 0 Å². The normalized spacial score (nSPS) is 10.9. The van der Waals surface area contributed by atoms with Gasteiger partial charge in [-0.2, -0.15) is 0 Å². The van der Waals surface area contributed by atoms with Gasteiger partial charge in [-0.3, -0.25) is 0 Å². The molecule has 0 heterocycles. The molecule has 0 bridgehead atoms. The summed E-state index contributed by atoms with van der Waals surface area (Å²) < 4.78 is 10.7. The molecule has 0 amide bonds. The first-order chi connectivity index (χ1) is 6.77. The van der Waals surface area contributed by atoms with Crippen LogP contribution in [0, 0.1) is 0 Å². The molecule has 5 heteroatoms. The largest absolute Gasteiger partial charge is 0.371 e. The van der Waals surface area contributed by atoms with E-state index in [4.69, 9.17) is 19.7 Å². The highest BCUT2D eigenvalue weighted by Crippen LogP contribution is 2.20. The zero-order valence-electron chi connectivity index (χ0n) is 7.39. The van der Waals surface area contributed by atoms with Crippen LogP contribution in [-0.4, -0.2) is 23.8 Å². The fraction of sp³-hybridized carbons (Fsp3) is 0.333. The first-order valence-corrected chi connectivity index (χ1v) is 4.77. The maximum absolute atomic E-state index is 8.59. The highest BCUT2D eigenvalue weighted by Gasteiger charge is 2.10.